The molecule has 1 nitrogen and oxygen atoms in total. The van der Waals surface area contributed by atoms with Crippen LogP contribution in [0.25, 0.3) is 0 Å². The van der Waals surface area contributed by atoms with Gasteiger partial charge < -0.3 is 4.74 Å². The fourth-order valence-electron chi connectivity index (χ4n) is 2.53. The first-order valence-corrected chi connectivity index (χ1v) is 8.82. The summed E-state index contributed by atoms with van der Waals surface area (Å²) in [6.45, 7) is 9.80. The first kappa shape index (κ1) is 18.4. The Bertz CT molecular complexity index is 412. The Morgan fingerprint density at radius 1 is 1.00 bits per heavy atom. The summed E-state index contributed by atoms with van der Waals surface area (Å²) in [6.07, 6.45) is 8.56. The van der Waals surface area contributed by atoms with Crippen molar-refractivity contribution in [1.29, 1.82) is 0 Å². The van der Waals surface area contributed by atoms with Crippen molar-refractivity contribution in [3.63, 3.8) is 0 Å². The molecule has 0 aliphatic heterocycles. The highest BCUT2D eigenvalue weighted by Crippen LogP contribution is 2.34. The molecule has 0 atom stereocenters. The van der Waals surface area contributed by atoms with Crippen LogP contribution in [0.5, 0.6) is 5.75 Å². The largest absolute Gasteiger partial charge is 0.492 e. The van der Waals surface area contributed by atoms with Gasteiger partial charge in [-0.25, -0.2) is 0 Å². The minimum atomic E-state index is 0.180. The summed E-state index contributed by atoms with van der Waals surface area (Å²) < 4.78 is 5.77. The molecule has 0 unspecified atom stereocenters. The van der Waals surface area contributed by atoms with Gasteiger partial charge in [0.05, 0.1) is 11.6 Å². The van der Waals surface area contributed by atoms with Crippen LogP contribution in [-0.2, 0) is 5.41 Å². The van der Waals surface area contributed by atoms with Crippen LogP contribution < -0.4 is 4.74 Å². The summed E-state index contributed by atoms with van der Waals surface area (Å²) in [5.74, 6) is 0.820. The van der Waals surface area contributed by atoms with Gasteiger partial charge in [-0.05, 0) is 36.0 Å². The van der Waals surface area contributed by atoms with Gasteiger partial charge in [0.15, 0.2) is 0 Å². The summed E-state index contributed by atoms with van der Waals surface area (Å²) in [5, 5.41) is 0.743. The SMILES string of the molecule is CCCCCOc1ccc(C(C)(C)CCCCC)cc1Cl. The van der Waals surface area contributed by atoms with Crippen molar-refractivity contribution in [2.45, 2.75) is 78.1 Å². The highest BCUT2D eigenvalue weighted by molar-refractivity contribution is 6.32. The monoisotopic (exact) mass is 310 g/mol. The lowest BCUT2D eigenvalue weighted by Gasteiger charge is -2.26. The molecule has 0 aliphatic rings. The van der Waals surface area contributed by atoms with Gasteiger partial charge in [0.1, 0.15) is 5.75 Å². The van der Waals surface area contributed by atoms with Gasteiger partial charge in [0.2, 0.25) is 0 Å². The van der Waals surface area contributed by atoms with Crippen LogP contribution in [-0.4, -0.2) is 6.61 Å². The third-order valence-corrected chi connectivity index (χ3v) is 4.42. The Hall–Kier alpha value is -0.690. The van der Waals surface area contributed by atoms with E-state index < -0.39 is 0 Å². The zero-order valence-electron chi connectivity index (χ0n) is 14.2. The number of hydrogen-bond donors (Lipinski definition) is 0. The summed E-state index contributed by atoms with van der Waals surface area (Å²) in [7, 11) is 0. The van der Waals surface area contributed by atoms with E-state index >= 15 is 0 Å². The highest BCUT2D eigenvalue weighted by atomic mass is 35.5. The topological polar surface area (TPSA) is 9.23 Å². The van der Waals surface area contributed by atoms with Gasteiger partial charge in [0.25, 0.3) is 0 Å². The smallest absolute Gasteiger partial charge is 0.137 e. The normalized spacial score (nSPS) is 11.7. The predicted molar refractivity (Wildman–Crippen MR) is 93.6 cm³/mol. The van der Waals surface area contributed by atoms with Crippen molar-refractivity contribution in [2.75, 3.05) is 6.61 Å². The van der Waals surface area contributed by atoms with Crippen molar-refractivity contribution < 1.29 is 4.74 Å². The molecule has 0 amide bonds. The van der Waals surface area contributed by atoms with Gasteiger partial charge in [-0.1, -0.05) is 77.5 Å². The lowest BCUT2D eigenvalue weighted by molar-refractivity contribution is 0.306. The van der Waals surface area contributed by atoms with E-state index in [0.29, 0.717) is 0 Å². The molecular weight excluding hydrogens is 280 g/mol. The van der Waals surface area contributed by atoms with E-state index in [1.165, 1.54) is 44.1 Å². The second-order valence-electron chi connectivity index (χ2n) is 6.54. The fourth-order valence-corrected chi connectivity index (χ4v) is 2.77. The molecule has 1 aromatic rings. The van der Waals surface area contributed by atoms with Crippen molar-refractivity contribution in [2.24, 2.45) is 0 Å². The number of ether oxygens (including phenoxy) is 1. The minimum Gasteiger partial charge on any atom is -0.492 e. The number of unbranched alkanes of at least 4 members (excludes halogenated alkanes) is 4. The molecule has 0 radical (unpaired) electrons. The van der Waals surface area contributed by atoms with Gasteiger partial charge in [-0.2, -0.15) is 0 Å². The van der Waals surface area contributed by atoms with Crippen LogP contribution in [0.1, 0.15) is 78.2 Å². The molecule has 1 aromatic carbocycles. The van der Waals surface area contributed by atoms with Crippen LogP contribution in [0.15, 0.2) is 18.2 Å². The fraction of sp³-hybridized carbons (Fsp3) is 0.684. The lowest BCUT2D eigenvalue weighted by atomic mass is 9.80. The molecule has 120 valence electrons. The predicted octanol–water partition coefficient (Wildman–Crippen LogP) is 6.77. The quantitative estimate of drug-likeness (QED) is 0.433. The molecule has 0 fully saturated rings. The van der Waals surface area contributed by atoms with E-state index in [9.17, 15) is 0 Å². The Morgan fingerprint density at radius 3 is 2.29 bits per heavy atom. The van der Waals surface area contributed by atoms with Crippen LogP contribution in [0.2, 0.25) is 5.02 Å². The standard InChI is InChI=1S/C19H31ClO/c1-5-7-9-13-19(3,4)16-11-12-18(17(20)15-16)21-14-10-8-6-2/h11-12,15H,5-10,13-14H2,1-4H3. The van der Waals surface area contributed by atoms with E-state index in [-0.39, 0.29) is 5.41 Å². The maximum Gasteiger partial charge on any atom is 0.137 e. The van der Waals surface area contributed by atoms with Gasteiger partial charge >= 0.3 is 0 Å². The number of rotatable bonds is 10. The average Bonchev–Trinajstić information content (AvgIpc) is 2.45. The molecule has 0 saturated carbocycles. The summed E-state index contributed by atoms with van der Waals surface area (Å²) in [5.41, 5.74) is 1.49. The molecule has 0 spiro atoms. The molecule has 0 aromatic heterocycles. The van der Waals surface area contributed by atoms with Gasteiger partial charge in [0, 0.05) is 0 Å². The van der Waals surface area contributed by atoms with E-state index in [0.717, 1.165) is 23.8 Å². The van der Waals surface area contributed by atoms with E-state index in [2.05, 4.69) is 39.8 Å². The van der Waals surface area contributed by atoms with Crippen LogP contribution in [0.4, 0.5) is 0 Å². The minimum absolute atomic E-state index is 0.180. The molecule has 0 heterocycles. The molecular formula is C19H31ClO. The second-order valence-corrected chi connectivity index (χ2v) is 6.95. The molecule has 0 aliphatic carbocycles. The summed E-state index contributed by atoms with van der Waals surface area (Å²) in [6, 6.07) is 6.29. The van der Waals surface area contributed by atoms with E-state index in [4.69, 9.17) is 16.3 Å². The van der Waals surface area contributed by atoms with E-state index in [1.54, 1.807) is 0 Å². The molecule has 0 saturated heterocycles. The lowest BCUT2D eigenvalue weighted by Crippen LogP contribution is -2.17. The Morgan fingerprint density at radius 2 is 1.67 bits per heavy atom. The summed E-state index contributed by atoms with van der Waals surface area (Å²) >= 11 is 6.38. The zero-order valence-corrected chi connectivity index (χ0v) is 14.9. The van der Waals surface area contributed by atoms with Crippen LogP contribution in [0, 0.1) is 0 Å². The molecule has 1 rings (SSSR count). The van der Waals surface area contributed by atoms with Gasteiger partial charge in [-0.3, -0.25) is 0 Å². The Kier molecular flexibility index (Phi) is 8.18. The average molecular weight is 311 g/mol. The third kappa shape index (κ3) is 6.30. The number of halogens is 1. The number of benzene rings is 1. The summed E-state index contributed by atoms with van der Waals surface area (Å²) in [4.78, 5) is 0. The third-order valence-electron chi connectivity index (χ3n) is 4.12. The van der Waals surface area contributed by atoms with E-state index in [1.807, 2.05) is 6.07 Å². The Balaban J connectivity index is 2.63. The molecule has 0 N–H and O–H groups in total. The molecule has 2 heteroatoms. The van der Waals surface area contributed by atoms with Crippen LogP contribution >= 0.6 is 11.6 Å². The first-order valence-electron chi connectivity index (χ1n) is 8.44. The van der Waals surface area contributed by atoms with Crippen molar-refractivity contribution >= 4 is 11.6 Å². The maximum absolute atomic E-state index is 6.38. The highest BCUT2D eigenvalue weighted by Gasteiger charge is 2.21. The first-order chi connectivity index (χ1) is 10.0. The zero-order chi connectivity index (χ0) is 15.7. The number of hydrogen-bond acceptors (Lipinski definition) is 1. The Labute approximate surface area is 136 Å². The molecule has 21 heavy (non-hydrogen) atoms. The van der Waals surface area contributed by atoms with Crippen molar-refractivity contribution in [3.8, 4) is 5.75 Å². The maximum atomic E-state index is 6.38. The van der Waals surface area contributed by atoms with Crippen molar-refractivity contribution in [1.82, 2.24) is 0 Å². The van der Waals surface area contributed by atoms with Crippen LogP contribution in [0.3, 0.4) is 0 Å². The molecule has 0 bridgehead atoms. The second kappa shape index (κ2) is 9.35. The van der Waals surface area contributed by atoms with Crippen molar-refractivity contribution in [3.05, 3.63) is 28.8 Å². The van der Waals surface area contributed by atoms with Gasteiger partial charge in [-0.15, -0.1) is 0 Å².